The SMILES string of the molecule is COC(=O)N(CCc1ccccc1F)Cc1ccccc1Br. The highest BCUT2D eigenvalue weighted by molar-refractivity contribution is 9.10. The average molecular weight is 366 g/mol. The molecule has 0 aliphatic carbocycles. The number of carbonyl (C=O) groups excluding carboxylic acids is 1. The molecular formula is C17H17BrFNO2. The Labute approximate surface area is 137 Å². The number of nitrogens with zero attached hydrogens (tertiary/aromatic N) is 1. The predicted octanol–water partition coefficient (Wildman–Crippen LogP) is 4.40. The number of halogens is 2. The van der Waals surface area contributed by atoms with Crippen LogP contribution in [0.4, 0.5) is 9.18 Å². The zero-order valence-electron chi connectivity index (χ0n) is 12.3. The van der Waals surface area contributed by atoms with Crippen LogP contribution in [0, 0.1) is 5.82 Å². The normalized spacial score (nSPS) is 10.3. The molecule has 2 rings (SSSR count). The van der Waals surface area contributed by atoms with E-state index in [1.54, 1.807) is 23.1 Å². The minimum absolute atomic E-state index is 0.256. The van der Waals surface area contributed by atoms with E-state index in [0.717, 1.165) is 10.0 Å². The highest BCUT2D eigenvalue weighted by atomic mass is 79.9. The molecule has 1 amide bonds. The van der Waals surface area contributed by atoms with E-state index in [-0.39, 0.29) is 5.82 Å². The Bertz CT molecular complexity index is 648. The van der Waals surface area contributed by atoms with E-state index in [1.807, 2.05) is 24.3 Å². The first-order valence-electron chi connectivity index (χ1n) is 6.91. The van der Waals surface area contributed by atoms with Crippen LogP contribution in [-0.2, 0) is 17.7 Å². The topological polar surface area (TPSA) is 29.5 Å². The van der Waals surface area contributed by atoms with Gasteiger partial charge in [0.15, 0.2) is 0 Å². The minimum Gasteiger partial charge on any atom is -0.453 e. The summed E-state index contributed by atoms with van der Waals surface area (Å²) in [5, 5.41) is 0. The zero-order valence-corrected chi connectivity index (χ0v) is 13.8. The molecule has 0 unspecified atom stereocenters. The lowest BCUT2D eigenvalue weighted by atomic mass is 10.1. The van der Waals surface area contributed by atoms with Gasteiger partial charge < -0.3 is 9.64 Å². The van der Waals surface area contributed by atoms with Crippen LogP contribution in [0.1, 0.15) is 11.1 Å². The highest BCUT2D eigenvalue weighted by Gasteiger charge is 2.16. The largest absolute Gasteiger partial charge is 0.453 e. The molecule has 0 saturated carbocycles. The van der Waals surface area contributed by atoms with E-state index in [2.05, 4.69) is 15.9 Å². The summed E-state index contributed by atoms with van der Waals surface area (Å²) >= 11 is 3.46. The van der Waals surface area contributed by atoms with Crippen molar-refractivity contribution in [1.82, 2.24) is 4.90 Å². The third-order valence-electron chi connectivity index (χ3n) is 3.36. The molecule has 0 fully saturated rings. The van der Waals surface area contributed by atoms with E-state index in [1.165, 1.54) is 13.2 Å². The number of benzene rings is 2. The number of hydrogen-bond acceptors (Lipinski definition) is 2. The van der Waals surface area contributed by atoms with Gasteiger partial charge in [0.25, 0.3) is 0 Å². The van der Waals surface area contributed by atoms with Crippen LogP contribution >= 0.6 is 15.9 Å². The lowest BCUT2D eigenvalue weighted by molar-refractivity contribution is 0.121. The minimum atomic E-state index is -0.424. The van der Waals surface area contributed by atoms with Gasteiger partial charge in [0.1, 0.15) is 5.82 Å². The summed E-state index contributed by atoms with van der Waals surface area (Å²) in [7, 11) is 1.35. The molecule has 0 N–H and O–H groups in total. The van der Waals surface area contributed by atoms with Crippen molar-refractivity contribution in [1.29, 1.82) is 0 Å². The van der Waals surface area contributed by atoms with Gasteiger partial charge in [-0.3, -0.25) is 0 Å². The van der Waals surface area contributed by atoms with Gasteiger partial charge in [0.05, 0.1) is 13.7 Å². The summed E-state index contributed by atoms with van der Waals surface area (Å²) in [6, 6.07) is 14.3. The van der Waals surface area contributed by atoms with Gasteiger partial charge >= 0.3 is 6.09 Å². The number of carbonyl (C=O) groups is 1. The fourth-order valence-corrected chi connectivity index (χ4v) is 2.56. The summed E-state index contributed by atoms with van der Waals surface area (Å²) < 4.78 is 19.4. The standard InChI is InChI=1S/C17H17BrFNO2/c1-22-17(21)20(12-14-7-2-4-8-15(14)18)11-10-13-6-3-5-9-16(13)19/h2-9H,10-12H2,1H3. The van der Waals surface area contributed by atoms with Crippen LogP contribution in [0.2, 0.25) is 0 Å². The molecule has 0 saturated heterocycles. The van der Waals surface area contributed by atoms with Gasteiger partial charge in [-0.25, -0.2) is 9.18 Å². The molecule has 116 valence electrons. The molecule has 2 aromatic carbocycles. The van der Waals surface area contributed by atoms with Crippen molar-refractivity contribution < 1.29 is 13.9 Å². The van der Waals surface area contributed by atoms with Crippen molar-refractivity contribution in [2.45, 2.75) is 13.0 Å². The molecule has 2 aromatic rings. The number of hydrogen-bond donors (Lipinski definition) is 0. The Morgan fingerprint density at radius 3 is 2.41 bits per heavy atom. The fourth-order valence-electron chi connectivity index (χ4n) is 2.15. The summed E-state index contributed by atoms with van der Waals surface area (Å²) in [5.41, 5.74) is 1.56. The zero-order chi connectivity index (χ0) is 15.9. The average Bonchev–Trinajstić information content (AvgIpc) is 2.53. The second kappa shape index (κ2) is 7.94. The molecule has 22 heavy (non-hydrogen) atoms. The van der Waals surface area contributed by atoms with E-state index in [9.17, 15) is 9.18 Å². The molecule has 0 radical (unpaired) electrons. The van der Waals surface area contributed by atoms with Crippen molar-refractivity contribution in [2.75, 3.05) is 13.7 Å². The quantitative estimate of drug-likeness (QED) is 0.785. The van der Waals surface area contributed by atoms with Gasteiger partial charge in [0.2, 0.25) is 0 Å². The molecule has 0 aliphatic heterocycles. The molecule has 0 spiro atoms. The van der Waals surface area contributed by atoms with Crippen LogP contribution in [-0.4, -0.2) is 24.6 Å². The predicted molar refractivity (Wildman–Crippen MR) is 87.1 cm³/mol. The summed E-state index contributed by atoms with van der Waals surface area (Å²) in [5.74, 6) is -0.256. The van der Waals surface area contributed by atoms with Crippen LogP contribution in [0.25, 0.3) is 0 Å². The second-order valence-corrected chi connectivity index (χ2v) is 5.68. The second-order valence-electron chi connectivity index (χ2n) is 4.82. The first-order chi connectivity index (χ1) is 10.6. The first kappa shape index (κ1) is 16.5. The number of ether oxygens (including phenoxy) is 1. The Balaban J connectivity index is 2.09. The van der Waals surface area contributed by atoms with Crippen molar-refractivity contribution in [2.24, 2.45) is 0 Å². The van der Waals surface area contributed by atoms with Crippen LogP contribution < -0.4 is 0 Å². The maximum Gasteiger partial charge on any atom is 0.409 e. The number of rotatable bonds is 5. The van der Waals surface area contributed by atoms with E-state index in [4.69, 9.17) is 4.74 Å². The molecule has 0 bridgehead atoms. The van der Waals surface area contributed by atoms with Crippen LogP contribution in [0.15, 0.2) is 53.0 Å². The Kier molecular flexibility index (Phi) is 5.95. The van der Waals surface area contributed by atoms with Crippen molar-refractivity contribution in [3.63, 3.8) is 0 Å². The van der Waals surface area contributed by atoms with Crippen LogP contribution in [0.3, 0.4) is 0 Å². The van der Waals surface area contributed by atoms with Crippen molar-refractivity contribution in [3.05, 3.63) is 69.9 Å². The lowest BCUT2D eigenvalue weighted by Gasteiger charge is -2.22. The van der Waals surface area contributed by atoms with Crippen LogP contribution in [0.5, 0.6) is 0 Å². The first-order valence-corrected chi connectivity index (χ1v) is 7.71. The van der Waals surface area contributed by atoms with Gasteiger partial charge in [-0.1, -0.05) is 52.3 Å². The van der Waals surface area contributed by atoms with Gasteiger partial charge in [-0.2, -0.15) is 0 Å². The summed E-state index contributed by atoms with van der Waals surface area (Å²) in [6.07, 6.45) is 0.0127. The smallest absolute Gasteiger partial charge is 0.409 e. The molecule has 3 nitrogen and oxygen atoms in total. The fraction of sp³-hybridized carbons (Fsp3) is 0.235. The monoisotopic (exact) mass is 365 g/mol. The summed E-state index contributed by atoms with van der Waals surface area (Å²) in [4.78, 5) is 13.5. The maximum absolute atomic E-state index is 13.7. The van der Waals surface area contributed by atoms with Gasteiger partial charge in [-0.05, 0) is 29.7 Å². The van der Waals surface area contributed by atoms with Gasteiger partial charge in [-0.15, -0.1) is 0 Å². The third kappa shape index (κ3) is 4.31. The molecule has 0 aromatic heterocycles. The Hall–Kier alpha value is -1.88. The Morgan fingerprint density at radius 2 is 1.77 bits per heavy atom. The molecule has 0 atom stereocenters. The van der Waals surface area contributed by atoms with E-state index in [0.29, 0.717) is 25.1 Å². The molecular weight excluding hydrogens is 349 g/mol. The number of amides is 1. The Morgan fingerprint density at radius 1 is 1.14 bits per heavy atom. The molecule has 5 heteroatoms. The van der Waals surface area contributed by atoms with Gasteiger partial charge in [0, 0.05) is 11.0 Å². The van der Waals surface area contributed by atoms with E-state index >= 15 is 0 Å². The maximum atomic E-state index is 13.7. The van der Waals surface area contributed by atoms with Crippen molar-refractivity contribution >= 4 is 22.0 Å². The molecule has 0 aliphatic rings. The third-order valence-corrected chi connectivity index (χ3v) is 4.13. The van der Waals surface area contributed by atoms with Crippen molar-refractivity contribution in [3.8, 4) is 0 Å². The molecule has 0 heterocycles. The summed E-state index contributed by atoms with van der Waals surface area (Å²) in [6.45, 7) is 0.789. The lowest BCUT2D eigenvalue weighted by Crippen LogP contribution is -2.32. The highest BCUT2D eigenvalue weighted by Crippen LogP contribution is 2.18. The number of methoxy groups -OCH3 is 1. The van der Waals surface area contributed by atoms with E-state index < -0.39 is 6.09 Å².